The van der Waals surface area contributed by atoms with E-state index in [2.05, 4.69) is 5.32 Å². The third-order valence-electron chi connectivity index (χ3n) is 4.26. The van der Waals surface area contributed by atoms with Gasteiger partial charge in [0.05, 0.1) is 0 Å². The Morgan fingerprint density at radius 3 is 2.48 bits per heavy atom. The second-order valence-corrected chi connectivity index (χ2v) is 7.81. The zero-order valence-electron chi connectivity index (χ0n) is 16.4. The molecule has 0 fully saturated rings. The van der Waals surface area contributed by atoms with E-state index in [0.29, 0.717) is 18.5 Å². The van der Waals surface area contributed by atoms with Crippen molar-refractivity contribution in [2.45, 2.75) is 64.9 Å². The molecule has 1 N–H and O–H groups in total. The summed E-state index contributed by atoms with van der Waals surface area (Å²) in [6.45, 7) is 5.40. The quantitative estimate of drug-likeness (QED) is 0.447. The number of nitrogens with one attached hydrogen (secondary N) is 1. The zero-order chi connectivity index (χ0) is 19.9. The lowest BCUT2D eigenvalue weighted by Crippen LogP contribution is -2.33. The molecular formula is C21H29NO5. The molecule has 27 heavy (non-hydrogen) atoms. The highest BCUT2D eigenvalue weighted by Crippen LogP contribution is 2.22. The molecule has 1 aliphatic carbocycles. The summed E-state index contributed by atoms with van der Waals surface area (Å²) in [5.41, 5.74) is 2.58. The number of fused-ring (bicyclic) bond motifs is 1. The molecule has 1 aromatic carbocycles. The van der Waals surface area contributed by atoms with Crippen LogP contribution in [0.5, 0.6) is 0 Å². The van der Waals surface area contributed by atoms with Gasteiger partial charge in [0, 0.05) is 18.5 Å². The van der Waals surface area contributed by atoms with E-state index < -0.39 is 17.7 Å². The van der Waals surface area contributed by atoms with Gasteiger partial charge in [-0.3, -0.25) is 9.59 Å². The standard InChI is InChI=1S/C21H29NO5/c1-21(2,3)27-20(25)22-12-6-9-19(24)26-14-18(23)17-11-10-15-7-4-5-8-16(15)13-17/h10-11,13H,4-9,12,14H2,1-3H3,(H,22,25). The Labute approximate surface area is 160 Å². The van der Waals surface area contributed by atoms with Gasteiger partial charge in [-0.25, -0.2) is 4.79 Å². The van der Waals surface area contributed by atoms with Gasteiger partial charge in [-0.05, 0) is 70.1 Å². The van der Waals surface area contributed by atoms with Crippen LogP contribution < -0.4 is 5.32 Å². The molecule has 148 valence electrons. The maximum Gasteiger partial charge on any atom is 0.407 e. The van der Waals surface area contributed by atoms with Crippen molar-refractivity contribution in [3.63, 3.8) is 0 Å². The summed E-state index contributed by atoms with van der Waals surface area (Å²) >= 11 is 0. The number of hydrogen-bond acceptors (Lipinski definition) is 5. The molecule has 1 amide bonds. The number of alkyl carbamates (subject to hydrolysis) is 1. The molecule has 0 radical (unpaired) electrons. The second kappa shape index (κ2) is 9.53. The van der Waals surface area contributed by atoms with Crippen LogP contribution in [0.4, 0.5) is 4.79 Å². The highest BCUT2D eigenvalue weighted by Gasteiger charge is 2.16. The van der Waals surface area contributed by atoms with Crippen molar-refractivity contribution >= 4 is 17.8 Å². The van der Waals surface area contributed by atoms with E-state index in [1.165, 1.54) is 17.5 Å². The van der Waals surface area contributed by atoms with Gasteiger partial charge < -0.3 is 14.8 Å². The van der Waals surface area contributed by atoms with Gasteiger partial charge in [0.25, 0.3) is 0 Å². The Hall–Kier alpha value is -2.37. The molecular weight excluding hydrogens is 346 g/mol. The van der Waals surface area contributed by atoms with Crippen LogP contribution >= 0.6 is 0 Å². The molecule has 2 rings (SSSR count). The number of carbonyl (C=O) groups is 3. The first kappa shape index (κ1) is 20.9. The largest absolute Gasteiger partial charge is 0.457 e. The van der Waals surface area contributed by atoms with Gasteiger partial charge in [0.15, 0.2) is 12.4 Å². The van der Waals surface area contributed by atoms with Crippen molar-refractivity contribution in [1.29, 1.82) is 0 Å². The van der Waals surface area contributed by atoms with Crippen LogP contribution in [0, 0.1) is 0 Å². The summed E-state index contributed by atoms with van der Waals surface area (Å²) in [7, 11) is 0. The number of esters is 1. The molecule has 0 aromatic heterocycles. The SMILES string of the molecule is CC(C)(C)OC(=O)NCCCC(=O)OCC(=O)c1ccc2c(c1)CCCC2. The van der Waals surface area contributed by atoms with E-state index in [1.807, 2.05) is 18.2 Å². The third-order valence-corrected chi connectivity index (χ3v) is 4.26. The fourth-order valence-corrected chi connectivity index (χ4v) is 2.95. The van der Waals surface area contributed by atoms with Gasteiger partial charge in [0.2, 0.25) is 0 Å². The Bertz CT molecular complexity index is 690. The molecule has 0 saturated carbocycles. The maximum absolute atomic E-state index is 12.2. The van der Waals surface area contributed by atoms with E-state index in [-0.39, 0.29) is 18.8 Å². The molecule has 0 saturated heterocycles. The van der Waals surface area contributed by atoms with Crippen molar-refractivity contribution in [3.05, 3.63) is 34.9 Å². The van der Waals surface area contributed by atoms with Gasteiger partial charge in [-0.1, -0.05) is 12.1 Å². The van der Waals surface area contributed by atoms with Gasteiger partial charge in [0.1, 0.15) is 5.60 Å². The molecule has 0 atom stereocenters. The lowest BCUT2D eigenvalue weighted by molar-refractivity contribution is -0.142. The first-order valence-electron chi connectivity index (χ1n) is 9.52. The van der Waals surface area contributed by atoms with Gasteiger partial charge in [-0.15, -0.1) is 0 Å². The molecule has 6 nitrogen and oxygen atoms in total. The maximum atomic E-state index is 12.2. The van der Waals surface area contributed by atoms with Gasteiger partial charge >= 0.3 is 12.1 Å². The van der Waals surface area contributed by atoms with Crippen LogP contribution in [0.25, 0.3) is 0 Å². The number of benzene rings is 1. The Balaban J connectivity index is 1.66. The van der Waals surface area contributed by atoms with Crippen LogP contribution in [0.1, 0.15) is 67.9 Å². The number of Topliss-reactive ketones (excluding diaryl/α,β-unsaturated/α-hetero) is 1. The summed E-state index contributed by atoms with van der Waals surface area (Å²) in [5, 5.41) is 2.58. The normalized spacial score (nSPS) is 13.4. The monoisotopic (exact) mass is 375 g/mol. The number of amides is 1. The van der Waals surface area contributed by atoms with E-state index in [0.717, 1.165) is 19.3 Å². The van der Waals surface area contributed by atoms with Crippen LogP contribution in [0.2, 0.25) is 0 Å². The molecule has 0 bridgehead atoms. The second-order valence-electron chi connectivity index (χ2n) is 7.81. The molecule has 1 aliphatic rings. The Morgan fingerprint density at radius 2 is 1.78 bits per heavy atom. The fourth-order valence-electron chi connectivity index (χ4n) is 2.95. The summed E-state index contributed by atoms with van der Waals surface area (Å²) in [6.07, 6.45) is 4.45. The topological polar surface area (TPSA) is 81.7 Å². The summed E-state index contributed by atoms with van der Waals surface area (Å²) in [4.78, 5) is 35.5. The van der Waals surface area contributed by atoms with E-state index >= 15 is 0 Å². The molecule has 6 heteroatoms. The van der Waals surface area contributed by atoms with Crippen molar-refractivity contribution in [2.24, 2.45) is 0 Å². The Morgan fingerprint density at radius 1 is 1.07 bits per heavy atom. The Kier molecular flexibility index (Phi) is 7.39. The van der Waals surface area contributed by atoms with Crippen molar-refractivity contribution < 1.29 is 23.9 Å². The van der Waals surface area contributed by atoms with Crippen LogP contribution in [0.3, 0.4) is 0 Å². The number of ether oxygens (including phenoxy) is 2. The number of rotatable bonds is 7. The molecule has 1 aromatic rings. The average molecular weight is 375 g/mol. The smallest absolute Gasteiger partial charge is 0.407 e. The summed E-state index contributed by atoms with van der Waals surface area (Å²) < 4.78 is 10.2. The molecule has 0 heterocycles. The predicted octanol–water partition coefficient (Wildman–Crippen LogP) is 3.60. The van der Waals surface area contributed by atoms with Crippen LogP contribution in [-0.4, -0.2) is 36.6 Å². The lowest BCUT2D eigenvalue weighted by atomic mass is 9.90. The number of aryl methyl sites for hydroxylation is 2. The van der Waals surface area contributed by atoms with Gasteiger partial charge in [-0.2, -0.15) is 0 Å². The van der Waals surface area contributed by atoms with Crippen LogP contribution in [0.15, 0.2) is 18.2 Å². The molecule has 0 unspecified atom stereocenters. The minimum Gasteiger partial charge on any atom is -0.457 e. The lowest BCUT2D eigenvalue weighted by Gasteiger charge is -2.19. The number of hydrogen-bond donors (Lipinski definition) is 1. The van der Waals surface area contributed by atoms with E-state index in [4.69, 9.17) is 9.47 Å². The minimum absolute atomic E-state index is 0.132. The first-order valence-corrected chi connectivity index (χ1v) is 9.52. The van der Waals surface area contributed by atoms with Crippen molar-refractivity contribution in [3.8, 4) is 0 Å². The minimum atomic E-state index is -0.555. The third kappa shape index (κ3) is 7.41. The molecule has 0 spiro atoms. The number of ketones is 1. The average Bonchev–Trinajstić information content (AvgIpc) is 2.61. The fraction of sp³-hybridized carbons (Fsp3) is 0.571. The van der Waals surface area contributed by atoms with E-state index in [1.54, 1.807) is 20.8 Å². The zero-order valence-corrected chi connectivity index (χ0v) is 16.4. The molecule has 0 aliphatic heterocycles. The van der Waals surface area contributed by atoms with Crippen LogP contribution in [-0.2, 0) is 27.1 Å². The van der Waals surface area contributed by atoms with E-state index in [9.17, 15) is 14.4 Å². The highest BCUT2D eigenvalue weighted by atomic mass is 16.6. The summed E-state index contributed by atoms with van der Waals surface area (Å²) in [6, 6.07) is 5.74. The van der Waals surface area contributed by atoms with Crippen molar-refractivity contribution in [1.82, 2.24) is 5.32 Å². The number of carbonyl (C=O) groups excluding carboxylic acids is 3. The summed E-state index contributed by atoms with van der Waals surface area (Å²) in [5.74, 6) is -0.643. The first-order chi connectivity index (χ1) is 12.7. The predicted molar refractivity (Wildman–Crippen MR) is 102 cm³/mol. The van der Waals surface area contributed by atoms with Crippen molar-refractivity contribution in [2.75, 3.05) is 13.2 Å². The highest BCUT2D eigenvalue weighted by molar-refractivity contribution is 5.98.